The number of carbonyl (C=O) groups excluding carboxylic acids is 2. The quantitative estimate of drug-likeness (QED) is 0.246. The van der Waals surface area contributed by atoms with Crippen LogP contribution in [0.3, 0.4) is 0 Å². The molecule has 0 unspecified atom stereocenters. The Labute approximate surface area is 152 Å². The highest BCUT2D eigenvalue weighted by atomic mass is 28.4. The third-order valence-electron chi connectivity index (χ3n) is 4.64. The zero-order valence-corrected chi connectivity index (χ0v) is 17.0. The van der Waals surface area contributed by atoms with E-state index in [-0.39, 0.29) is 10.8 Å². The summed E-state index contributed by atoms with van der Waals surface area (Å²) in [5.74, 6) is 4.69. The molecular weight excluding hydrogens is 332 g/mol. The van der Waals surface area contributed by atoms with Crippen molar-refractivity contribution in [2.24, 2.45) is 5.41 Å². The zero-order chi connectivity index (χ0) is 19.1. The second-order valence-corrected chi connectivity index (χ2v) is 12.4. The summed E-state index contributed by atoms with van der Waals surface area (Å²) in [4.78, 5) is 22.7. The molecule has 0 aromatic carbocycles. The van der Waals surface area contributed by atoms with E-state index in [4.69, 9.17) is 4.43 Å². The van der Waals surface area contributed by atoms with Gasteiger partial charge in [-0.25, -0.2) is 4.79 Å². The molecule has 0 saturated heterocycles. The van der Waals surface area contributed by atoms with Gasteiger partial charge in [-0.2, -0.15) is 0 Å². The van der Waals surface area contributed by atoms with Crippen LogP contribution in [0.2, 0.25) is 18.1 Å². The van der Waals surface area contributed by atoms with Crippen molar-refractivity contribution in [3.63, 3.8) is 0 Å². The lowest BCUT2D eigenvalue weighted by Gasteiger charge is -2.35. The summed E-state index contributed by atoms with van der Waals surface area (Å²) in [6, 6.07) is 0. The van der Waals surface area contributed by atoms with Gasteiger partial charge < -0.3 is 9.16 Å². The summed E-state index contributed by atoms with van der Waals surface area (Å²) in [6.07, 6.45) is 10.9. The highest BCUT2D eigenvalue weighted by Crippen LogP contribution is 2.36. The average molecular weight is 361 g/mol. The van der Waals surface area contributed by atoms with Crippen molar-refractivity contribution in [1.82, 2.24) is 0 Å². The molecule has 0 aliphatic heterocycles. The Hall–Kier alpha value is -1.90. The largest absolute Gasteiger partial charge is 0.459 e. The van der Waals surface area contributed by atoms with Crippen LogP contribution in [0.5, 0.6) is 0 Å². The standard InChI is InChI=1S/C20H28O4Si/c1-19(2,3)25(5,6)24-16-8-7-12-20(15-11-18(22)23-4)13-9-17(21)10-14-20/h7-10,13-14H,12,16H2,1-6H3/b8-7-. The summed E-state index contributed by atoms with van der Waals surface area (Å²) < 4.78 is 10.7. The molecule has 0 aromatic rings. The molecular formula is C20H28O4Si. The third-order valence-corrected chi connectivity index (χ3v) is 9.14. The Morgan fingerprint density at radius 1 is 1.24 bits per heavy atom. The van der Waals surface area contributed by atoms with Gasteiger partial charge in [0.05, 0.1) is 19.1 Å². The molecule has 0 atom stereocenters. The number of esters is 1. The fraction of sp³-hybridized carbons (Fsp3) is 0.500. The molecule has 0 fully saturated rings. The number of allylic oxidation sites excluding steroid dienone is 5. The van der Waals surface area contributed by atoms with Crippen molar-refractivity contribution in [2.45, 2.75) is 45.3 Å². The Morgan fingerprint density at radius 2 is 1.84 bits per heavy atom. The van der Waals surface area contributed by atoms with Gasteiger partial charge in [-0.05, 0) is 36.7 Å². The van der Waals surface area contributed by atoms with Crippen LogP contribution in [0.1, 0.15) is 27.2 Å². The number of rotatable bonds is 5. The zero-order valence-electron chi connectivity index (χ0n) is 16.0. The van der Waals surface area contributed by atoms with E-state index in [0.29, 0.717) is 13.0 Å². The van der Waals surface area contributed by atoms with Crippen molar-refractivity contribution >= 4 is 20.1 Å². The van der Waals surface area contributed by atoms with Gasteiger partial charge >= 0.3 is 5.97 Å². The maximum Gasteiger partial charge on any atom is 0.384 e. The third kappa shape index (κ3) is 6.49. The smallest absolute Gasteiger partial charge is 0.384 e. The Bertz CT molecular complexity index is 635. The molecule has 4 nitrogen and oxygen atoms in total. The molecule has 0 bridgehead atoms. The van der Waals surface area contributed by atoms with Crippen molar-refractivity contribution in [2.75, 3.05) is 13.7 Å². The summed E-state index contributed by atoms with van der Waals surface area (Å²) in [6.45, 7) is 11.6. The second kappa shape index (κ2) is 8.46. The fourth-order valence-corrected chi connectivity index (χ4v) is 2.83. The van der Waals surface area contributed by atoms with Crippen LogP contribution in [-0.2, 0) is 18.8 Å². The summed E-state index contributed by atoms with van der Waals surface area (Å²) >= 11 is 0. The Kier molecular flexibility index (Phi) is 7.15. The predicted octanol–water partition coefficient (Wildman–Crippen LogP) is 3.81. The lowest BCUT2D eigenvalue weighted by molar-refractivity contribution is -0.133. The Morgan fingerprint density at radius 3 is 2.36 bits per heavy atom. The van der Waals surface area contributed by atoms with Gasteiger partial charge in [-0.1, -0.05) is 51.0 Å². The molecule has 25 heavy (non-hydrogen) atoms. The lowest BCUT2D eigenvalue weighted by atomic mass is 9.81. The predicted molar refractivity (Wildman–Crippen MR) is 102 cm³/mol. The van der Waals surface area contributed by atoms with Gasteiger partial charge in [-0.15, -0.1) is 0 Å². The maximum atomic E-state index is 11.4. The fourth-order valence-electron chi connectivity index (χ4n) is 1.88. The van der Waals surface area contributed by atoms with Crippen LogP contribution in [-0.4, -0.2) is 33.8 Å². The van der Waals surface area contributed by atoms with E-state index < -0.39 is 19.7 Å². The summed E-state index contributed by atoms with van der Waals surface area (Å²) in [5, 5.41) is 0.170. The van der Waals surface area contributed by atoms with Gasteiger partial charge in [0, 0.05) is 5.92 Å². The summed E-state index contributed by atoms with van der Waals surface area (Å²) in [5.41, 5.74) is -0.671. The van der Waals surface area contributed by atoms with Crippen LogP contribution >= 0.6 is 0 Å². The van der Waals surface area contributed by atoms with Crippen molar-refractivity contribution < 1.29 is 18.8 Å². The minimum Gasteiger partial charge on any atom is -0.459 e. The van der Waals surface area contributed by atoms with Crippen molar-refractivity contribution in [1.29, 1.82) is 0 Å². The number of ketones is 1. The monoisotopic (exact) mass is 360 g/mol. The van der Waals surface area contributed by atoms with E-state index >= 15 is 0 Å². The van der Waals surface area contributed by atoms with Crippen LogP contribution in [0.25, 0.3) is 0 Å². The molecule has 0 aromatic heterocycles. The average Bonchev–Trinajstić information content (AvgIpc) is 2.53. The van der Waals surface area contributed by atoms with E-state index in [1.807, 2.05) is 12.2 Å². The Balaban J connectivity index is 2.76. The highest BCUT2D eigenvalue weighted by Gasteiger charge is 2.36. The van der Waals surface area contributed by atoms with E-state index in [9.17, 15) is 9.59 Å². The molecule has 0 saturated carbocycles. The molecule has 0 heterocycles. The van der Waals surface area contributed by atoms with Gasteiger partial charge in [-0.3, -0.25) is 4.79 Å². The molecule has 1 aliphatic carbocycles. The minimum atomic E-state index is -1.77. The number of hydrogen-bond donors (Lipinski definition) is 0. The SMILES string of the molecule is COC(=O)C#CC1(C/C=C\CO[Si](C)(C)C(C)(C)C)C=CC(=O)C=C1. The van der Waals surface area contributed by atoms with Crippen LogP contribution in [0.15, 0.2) is 36.5 Å². The number of methoxy groups -OCH3 is 1. The van der Waals surface area contributed by atoms with Crippen molar-refractivity contribution in [3.05, 3.63) is 36.5 Å². The normalized spacial score (nSPS) is 16.6. The van der Waals surface area contributed by atoms with Gasteiger partial charge in [0.15, 0.2) is 14.1 Å². The molecule has 136 valence electrons. The van der Waals surface area contributed by atoms with Crippen molar-refractivity contribution in [3.8, 4) is 11.8 Å². The topological polar surface area (TPSA) is 52.6 Å². The van der Waals surface area contributed by atoms with Gasteiger partial charge in [0.1, 0.15) is 0 Å². The number of ether oxygens (including phenoxy) is 1. The first-order valence-corrected chi connectivity index (χ1v) is 11.2. The molecule has 0 spiro atoms. The van der Waals surface area contributed by atoms with Gasteiger partial charge in [0.2, 0.25) is 0 Å². The van der Waals surface area contributed by atoms with Crippen LogP contribution in [0, 0.1) is 17.3 Å². The number of carbonyl (C=O) groups is 2. The minimum absolute atomic E-state index is 0.0827. The highest BCUT2D eigenvalue weighted by molar-refractivity contribution is 6.74. The molecule has 1 aliphatic rings. The first kappa shape index (κ1) is 21.1. The molecule has 5 heteroatoms. The van der Waals surface area contributed by atoms with Crippen LogP contribution in [0.4, 0.5) is 0 Å². The van der Waals surface area contributed by atoms with Gasteiger partial charge in [0.25, 0.3) is 0 Å². The van der Waals surface area contributed by atoms with Crippen LogP contribution < -0.4 is 0 Å². The number of hydrogen-bond acceptors (Lipinski definition) is 4. The van der Waals surface area contributed by atoms with E-state index in [1.165, 1.54) is 19.3 Å². The lowest BCUT2D eigenvalue weighted by Crippen LogP contribution is -2.40. The first-order chi connectivity index (χ1) is 11.5. The molecule has 0 amide bonds. The maximum absolute atomic E-state index is 11.4. The molecule has 1 rings (SSSR count). The second-order valence-electron chi connectivity index (χ2n) is 7.60. The first-order valence-electron chi connectivity index (χ1n) is 8.34. The van der Waals surface area contributed by atoms with E-state index in [0.717, 1.165) is 0 Å². The molecule has 0 N–H and O–H groups in total. The van der Waals surface area contributed by atoms with E-state index in [2.05, 4.69) is 50.4 Å². The van der Waals surface area contributed by atoms with E-state index in [1.54, 1.807) is 12.2 Å². The summed E-state index contributed by atoms with van der Waals surface area (Å²) in [7, 11) is -0.481. The molecule has 0 radical (unpaired) electrons.